The third-order valence-corrected chi connectivity index (χ3v) is 2.30. The number of aromatic amines is 1. The molecule has 0 spiro atoms. The van der Waals surface area contributed by atoms with Crippen molar-refractivity contribution in [2.24, 2.45) is 7.05 Å². The van der Waals surface area contributed by atoms with Crippen LogP contribution in [0.25, 0.3) is 11.3 Å². The quantitative estimate of drug-likeness (QED) is 0.783. The number of rotatable bonds is 2. The first-order chi connectivity index (χ1) is 6.70. The van der Waals surface area contributed by atoms with E-state index < -0.39 is 0 Å². The summed E-state index contributed by atoms with van der Waals surface area (Å²) in [5, 5.41) is 11.5. The molecule has 2 rings (SSSR count). The minimum absolute atomic E-state index is 0.978. The highest BCUT2D eigenvalue weighted by molar-refractivity contribution is 5.60. The summed E-state index contributed by atoms with van der Waals surface area (Å²) in [6, 6.07) is 2.07. The molecule has 2 aromatic heterocycles. The van der Waals surface area contributed by atoms with Crippen molar-refractivity contribution in [3.63, 3.8) is 0 Å². The van der Waals surface area contributed by atoms with Crippen LogP contribution in [0.2, 0.25) is 0 Å². The Morgan fingerprint density at radius 2 is 2.29 bits per heavy atom. The van der Waals surface area contributed by atoms with Crippen LogP contribution in [-0.4, -0.2) is 20.0 Å². The van der Waals surface area contributed by atoms with Crippen LogP contribution in [0.3, 0.4) is 0 Å². The van der Waals surface area contributed by atoms with E-state index in [0.29, 0.717) is 0 Å². The molecular weight excluding hydrogens is 176 g/mol. The summed E-state index contributed by atoms with van der Waals surface area (Å²) in [5.74, 6) is 0. The zero-order valence-electron chi connectivity index (χ0n) is 8.70. The van der Waals surface area contributed by atoms with E-state index in [2.05, 4.69) is 28.3 Å². The van der Waals surface area contributed by atoms with Crippen molar-refractivity contribution >= 4 is 0 Å². The van der Waals surface area contributed by atoms with E-state index >= 15 is 0 Å². The van der Waals surface area contributed by atoms with Gasteiger partial charge in [0.15, 0.2) is 0 Å². The Bertz CT molecular complexity index is 439. The van der Waals surface area contributed by atoms with Crippen molar-refractivity contribution in [1.29, 1.82) is 0 Å². The lowest BCUT2D eigenvalue weighted by molar-refractivity contribution is 0.756. The molecule has 4 nitrogen and oxygen atoms in total. The molecule has 0 aliphatic carbocycles. The molecule has 1 N–H and O–H groups in total. The van der Waals surface area contributed by atoms with Crippen LogP contribution in [0.15, 0.2) is 12.3 Å². The van der Waals surface area contributed by atoms with Crippen LogP contribution in [0.5, 0.6) is 0 Å². The van der Waals surface area contributed by atoms with Crippen LogP contribution < -0.4 is 0 Å². The summed E-state index contributed by atoms with van der Waals surface area (Å²) in [5.41, 5.74) is 4.25. The van der Waals surface area contributed by atoms with Gasteiger partial charge in [-0.25, -0.2) is 0 Å². The lowest BCUT2D eigenvalue weighted by atomic mass is 10.2. The first-order valence-corrected chi connectivity index (χ1v) is 4.75. The fourth-order valence-electron chi connectivity index (χ4n) is 1.53. The van der Waals surface area contributed by atoms with Crippen LogP contribution in [0.4, 0.5) is 0 Å². The first-order valence-electron chi connectivity index (χ1n) is 4.75. The summed E-state index contributed by atoms with van der Waals surface area (Å²) in [7, 11) is 1.92. The second kappa shape index (κ2) is 3.29. The molecule has 2 heterocycles. The molecule has 0 aliphatic rings. The van der Waals surface area contributed by atoms with Gasteiger partial charge in [-0.15, -0.1) is 0 Å². The number of nitrogens with zero attached hydrogens (tertiary/aromatic N) is 3. The summed E-state index contributed by atoms with van der Waals surface area (Å²) >= 11 is 0. The van der Waals surface area contributed by atoms with Gasteiger partial charge in [-0.1, -0.05) is 6.92 Å². The van der Waals surface area contributed by atoms with Gasteiger partial charge in [0.05, 0.1) is 11.4 Å². The molecule has 0 fully saturated rings. The normalized spacial score (nSPS) is 10.8. The molecule has 0 radical (unpaired) electrons. The van der Waals surface area contributed by atoms with Crippen LogP contribution in [0.1, 0.15) is 18.3 Å². The first kappa shape index (κ1) is 8.99. The average molecular weight is 190 g/mol. The Balaban J connectivity index is 2.43. The van der Waals surface area contributed by atoms with Crippen molar-refractivity contribution in [3.8, 4) is 11.3 Å². The maximum atomic E-state index is 4.29. The van der Waals surface area contributed by atoms with Crippen molar-refractivity contribution < 1.29 is 0 Å². The van der Waals surface area contributed by atoms with E-state index in [0.717, 1.165) is 29.1 Å². The van der Waals surface area contributed by atoms with Gasteiger partial charge in [0, 0.05) is 24.5 Å². The Morgan fingerprint density at radius 1 is 1.50 bits per heavy atom. The lowest BCUT2D eigenvalue weighted by Crippen LogP contribution is -1.86. The molecular formula is C10H14N4. The van der Waals surface area contributed by atoms with Gasteiger partial charge in [-0.3, -0.25) is 9.78 Å². The smallest absolute Gasteiger partial charge is 0.0957 e. The molecule has 0 saturated heterocycles. The SMILES string of the molecule is CCc1cc(-c2cn(C)nc2C)n[nH]1. The maximum Gasteiger partial charge on any atom is 0.0957 e. The molecule has 0 unspecified atom stereocenters. The highest BCUT2D eigenvalue weighted by atomic mass is 15.3. The number of hydrogen-bond acceptors (Lipinski definition) is 2. The predicted octanol–water partition coefficient (Wildman–Crippen LogP) is 1.68. The minimum Gasteiger partial charge on any atom is -0.282 e. The number of aromatic nitrogens is 4. The summed E-state index contributed by atoms with van der Waals surface area (Å²) in [6.45, 7) is 4.10. The highest BCUT2D eigenvalue weighted by Gasteiger charge is 2.08. The van der Waals surface area contributed by atoms with Crippen LogP contribution >= 0.6 is 0 Å². The van der Waals surface area contributed by atoms with E-state index in [1.165, 1.54) is 0 Å². The van der Waals surface area contributed by atoms with Crippen LogP contribution in [0, 0.1) is 6.92 Å². The van der Waals surface area contributed by atoms with E-state index in [1.54, 1.807) is 0 Å². The molecule has 74 valence electrons. The fourth-order valence-corrected chi connectivity index (χ4v) is 1.53. The molecule has 0 amide bonds. The van der Waals surface area contributed by atoms with Crippen molar-refractivity contribution in [3.05, 3.63) is 23.7 Å². The largest absolute Gasteiger partial charge is 0.282 e. The van der Waals surface area contributed by atoms with E-state index in [9.17, 15) is 0 Å². The molecule has 4 heteroatoms. The van der Waals surface area contributed by atoms with Gasteiger partial charge in [0.1, 0.15) is 0 Å². The lowest BCUT2D eigenvalue weighted by Gasteiger charge is -1.89. The fraction of sp³-hybridized carbons (Fsp3) is 0.400. The van der Waals surface area contributed by atoms with Gasteiger partial charge in [0.2, 0.25) is 0 Å². The zero-order chi connectivity index (χ0) is 10.1. The Morgan fingerprint density at radius 3 is 2.79 bits per heavy atom. The third kappa shape index (κ3) is 1.43. The molecule has 0 aromatic carbocycles. The average Bonchev–Trinajstić information content (AvgIpc) is 2.71. The van der Waals surface area contributed by atoms with Gasteiger partial charge >= 0.3 is 0 Å². The van der Waals surface area contributed by atoms with E-state index in [-0.39, 0.29) is 0 Å². The molecule has 0 aliphatic heterocycles. The molecule has 14 heavy (non-hydrogen) atoms. The monoisotopic (exact) mass is 190 g/mol. The zero-order valence-corrected chi connectivity index (χ0v) is 8.70. The standard InChI is InChI=1S/C10H14N4/c1-4-8-5-10(12-11-8)9-6-14(3)13-7(9)2/h5-6H,4H2,1-3H3,(H,11,12). The second-order valence-electron chi connectivity index (χ2n) is 3.43. The second-order valence-corrected chi connectivity index (χ2v) is 3.43. The molecule has 0 atom stereocenters. The number of nitrogens with one attached hydrogen (secondary N) is 1. The van der Waals surface area contributed by atoms with E-state index in [4.69, 9.17) is 0 Å². The number of H-pyrrole nitrogens is 1. The Kier molecular flexibility index (Phi) is 2.11. The van der Waals surface area contributed by atoms with Gasteiger partial charge < -0.3 is 0 Å². The van der Waals surface area contributed by atoms with Gasteiger partial charge in [-0.2, -0.15) is 10.2 Å². The van der Waals surface area contributed by atoms with Crippen molar-refractivity contribution in [1.82, 2.24) is 20.0 Å². The minimum atomic E-state index is 0.978. The summed E-state index contributed by atoms with van der Waals surface area (Å²) in [6.07, 6.45) is 2.97. The molecule has 0 bridgehead atoms. The highest BCUT2D eigenvalue weighted by Crippen LogP contribution is 2.20. The van der Waals surface area contributed by atoms with Gasteiger partial charge in [-0.05, 0) is 19.4 Å². The summed E-state index contributed by atoms with van der Waals surface area (Å²) in [4.78, 5) is 0. The number of hydrogen-bond donors (Lipinski definition) is 1. The number of aryl methyl sites for hydroxylation is 3. The van der Waals surface area contributed by atoms with Gasteiger partial charge in [0.25, 0.3) is 0 Å². The predicted molar refractivity (Wildman–Crippen MR) is 54.9 cm³/mol. The third-order valence-electron chi connectivity index (χ3n) is 2.30. The van der Waals surface area contributed by atoms with Crippen molar-refractivity contribution in [2.75, 3.05) is 0 Å². The molecule has 0 saturated carbocycles. The topological polar surface area (TPSA) is 46.5 Å². The van der Waals surface area contributed by atoms with E-state index in [1.807, 2.05) is 24.9 Å². The van der Waals surface area contributed by atoms with Crippen LogP contribution in [-0.2, 0) is 13.5 Å². The summed E-state index contributed by atoms with van der Waals surface area (Å²) < 4.78 is 1.81. The maximum absolute atomic E-state index is 4.29. The Labute approximate surface area is 83.0 Å². The van der Waals surface area contributed by atoms with Crippen molar-refractivity contribution in [2.45, 2.75) is 20.3 Å². The molecule has 2 aromatic rings. The Hall–Kier alpha value is -1.58.